The Labute approximate surface area is 92.3 Å². The molecule has 16 heavy (non-hydrogen) atoms. The molecular weight excluding hydrogens is 234 g/mol. The molecule has 1 aromatic heterocycles. The first kappa shape index (κ1) is 10.3. The van der Waals surface area contributed by atoms with Crippen LogP contribution in [0.4, 0.5) is 10.8 Å². The van der Waals surface area contributed by atoms with Crippen molar-refractivity contribution in [1.82, 2.24) is 4.98 Å². The second-order valence-corrected chi connectivity index (χ2v) is 4.01. The largest absolute Gasteiger partial charge is 0.477 e. The molecule has 1 heterocycles. The van der Waals surface area contributed by atoms with Crippen LogP contribution < -0.4 is 5.73 Å². The summed E-state index contributed by atoms with van der Waals surface area (Å²) in [5.41, 5.74) is 4.92. The van der Waals surface area contributed by atoms with Gasteiger partial charge < -0.3 is 10.8 Å². The van der Waals surface area contributed by atoms with Crippen LogP contribution in [0.5, 0.6) is 0 Å². The first-order valence-corrected chi connectivity index (χ1v) is 4.88. The number of carbonyl (C=O) groups is 1. The zero-order chi connectivity index (χ0) is 11.9. The summed E-state index contributed by atoms with van der Waals surface area (Å²) < 4.78 is 0.514. The van der Waals surface area contributed by atoms with Crippen molar-refractivity contribution in [3.8, 4) is 0 Å². The molecule has 1 aromatic carbocycles. The van der Waals surface area contributed by atoms with Crippen molar-refractivity contribution < 1.29 is 14.8 Å². The number of fused-ring (bicyclic) bond motifs is 1. The molecule has 82 valence electrons. The average molecular weight is 239 g/mol. The third kappa shape index (κ3) is 1.54. The number of rotatable bonds is 2. The number of aromatic nitrogens is 1. The topological polar surface area (TPSA) is 119 Å². The van der Waals surface area contributed by atoms with Crippen LogP contribution in [0.3, 0.4) is 0 Å². The number of aromatic carboxylic acids is 1. The number of carboxylic acid groups (broad SMARTS) is 1. The van der Waals surface area contributed by atoms with Crippen molar-refractivity contribution in [3.63, 3.8) is 0 Å². The van der Waals surface area contributed by atoms with Gasteiger partial charge in [-0.2, -0.15) is 0 Å². The van der Waals surface area contributed by atoms with Crippen molar-refractivity contribution >= 4 is 38.3 Å². The molecule has 0 fully saturated rings. The number of benzene rings is 1. The van der Waals surface area contributed by atoms with E-state index in [1.807, 2.05) is 0 Å². The van der Waals surface area contributed by atoms with Crippen LogP contribution >= 0.6 is 11.3 Å². The number of nitrogens with two attached hydrogens (primary N) is 1. The van der Waals surface area contributed by atoms with Gasteiger partial charge in [0.2, 0.25) is 0 Å². The van der Waals surface area contributed by atoms with Crippen LogP contribution in [0.25, 0.3) is 10.2 Å². The van der Waals surface area contributed by atoms with E-state index in [2.05, 4.69) is 4.98 Å². The Balaban J connectivity index is 2.80. The fourth-order valence-corrected chi connectivity index (χ4v) is 2.06. The third-order valence-corrected chi connectivity index (χ3v) is 2.80. The van der Waals surface area contributed by atoms with E-state index in [0.29, 0.717) is 10.2 Å². The number of hydrogen-bond acceptors (Lipinski definition) is 6. The quantitative estimate of drug-likeness (QED) is 0.605. The molecule has 2 aromatic rings. The van der Waals surface area contributed by atoms with Gasteiger partial charge in [0.25, 0.3) is 5.69 Å². The second-order valence-electron chi connectivity index (χ2n) is 2.95. The molecule has 0 aliphatic carbocycles. The highest BCUT2D eigenvalue weighted by Gasteiger charge is 2.21. The van der Waals surface area contributed by atoms with E-state index in [0.717, 1.165) is 17.4 Å². The second kappa shape index (κ2) is 3.42. The minimum Gasteiger partial charge on any atom is -0.477 e. The van der Waals surface area contributed by atoms with Crippen LogP contribution in [-0.2, 0) is 0 Å². The lowest BCUT2D eigenvalue weighted by Crippen LogP contribution is -2.02. The van der Waals surface area contributed by atoms with Crippen molar-refractivity contribution in [3.05, 3.63) is 27.8 Å². The monoisotopic (exact) mass is 239 g/mol. The molecule has 7 nitrogen and oxygen atoms in total. The van der Waals surface area contributed by atoms with Crippen LogP contribution in [0, 0.1) is 10.1 Å². The molecule has 0 spiro atoms. The normalized spacial score (nSPS) is 10.5. The average Bonchev–Trinajstić information content (AvgIpc) is 2.54. The van der Waals surface area contributed by atoms with Crippen LogP contribution in [0.1, 0.15) is 10.4 Å². The molecule has 0 amide bonds. The number of hydrogen-bond donors (Lipinski definition) is 2. The minimum atomic E-state index is -1.35. The maximum absolute atomic E-state index is 10.8. The van der Waals surface area contributed by atoms with E-state index < -0.39 is 16.6 Å². The predicted octanol–water partition coefficient (Wildman–Crippen LogP) is 1.48. The van der Waals surface area contributed by atoms with Gasteiger partial charge in [-0.25, -0.2) is 9.78 Å². The van der Waals surface area contributed by atoms with E-state index in [1.165, 1.54) is 6.07 Å². The van der Waals surface area contributed by atoms with Gasteiger partial charge in [-0.05, 0) is 6.07 Å². The lowest BCUT2D eigenvalue weighted by atomic mass is 10.2. The first-order valence-electron chi connectivity index (χ1n) is 4.07. The molecule has 0 aliphatic heterocycles. The summed E-state index contributed by atoms with van der Waals surface area (Å²) in [6, 6.07) is 2.33. The molecule has 0 atom stereocenters. The van der Waals surface area contributed by atoms with E-state index in [1.54, 1.807) is 0 Å². The highest BCUT2D eigenvalue weighted by Crippen LogP contribution is 2.30. The summed E-state index contributed by atoms with van der Waals surface area (Å²) in [6.07, 6.45) is 0. The van der Waals surface area contributed by atoms with Crippen LogP contribution in [0.2, 0.25) is 0 Å². The molecule has 0 bridgehead atoms. The number of nitrogens with zero attached hydrogens (tertiary/aromatic N) is 2. The van der Waals surface area contributed by atoms with E-state index in [-0.39, 0.29) is 10.7 Å². The van der Waals surface area contributed by atoms with E-state index in [4.69, 9.17) is 10.8 Å². The number of anilines is 1. The van der Waals surface area contributed by atoms with Crippen LogP contribution in [0.15, 0.2) is 12.1 Å². The summed E-state index contributed by atoms with van der Waals surface area (Å²) in [6.45, 7) is 0. The molecule has 8 heteroatoms. The van der Waals surface area contributed by atoms with Gasteiger partial charge in [-0.3, -0.25) is 10.1 Å². The number of nitrogen functional groups attached to an aromatic ring is 1. The highest BCUT2D eigenvalue weighted by molar-refractivity contribution is 7.22. The van der Waals surface area contributed by atoms with Gasteiger partial charge in [-0.15, -0.1) is 0 Å². The Morgan fingerprint density at radius 1 is 1.56 bits per heavy atom. The van der Waals surface area contributed by atoms with Gasteiger partial charge in [0.05, 0.1) is 15.1 Å². The molecular formula is C8H5N3O4S. The SMILES string of the molecule is Nc1nc2cc([N+](=O)[O-])c(C(=O)O)cc2s1. The lowest BCUT2D eigenvalue weighted by Gasteiger charge is -1.97. The van der Waals surface area contributed by atoms with Crippen LogP contribution in [-0.4, -0.2) is 21.0 Å². The number of thiazole rings is 1. The molecule has 0 saturated heterocycles. The third-order valence-electron chi connectivity index (χ3n) is 1.95. The van der Waals surface area contributed by atoms with Gasteiger partial charge >= 0.3 is 5.97 Å². The van der Waals surface area contributed by atoms with Gasteiger partial charge in [0.15, 0.2) is 5.13 Å². The summed E-state index contributed by atoms with van der Waals surface area (Å²) in [7, 11) is 0. The maximum Gasteiger partial charge on any atom is 0.342 e. The summed E-state index contributed by atoms with van der Waals surface area (Å²) >= 11 is 1.08. The fourth-order valence-electron chi connectivity index (χ4n) is 1.30. The smallest absolute Gasteiger partial charge is 0.342 e. The summed E-state index contributed by atoms with van der Waals surface area (Å²) in [4.78, 5) is 24.6. The summed E-state index contributed by atoms with van der Waals surface area (Å²) in [5.74, 6) is -1.35. The Morgan fingerprint density at radius 2 is 2.25 bits per heavy atom. The molecule has 0 saturated carbocycles. The minimum absolute atomic E-state index is 0.242. The highest BCUT2D eigenvalue weighted by atomic mass is 32.1. The molecule has 0 radical (unpaired) electrons. The predicted molar refractivity (Wildman–Crippen MR) is 57.6 cm³/mol. The lowest BCUT2D eigenvalue weighted by molar-refractivity contribution is -0.385. The van der Waals surface area contributed by atoms with Crippen molar-refractivity contribution in [1.29, 1.82) is 0 Å². The van der Waals surface area contributed by atoms with Crippen molar-refractivity contribution in [2.75, 3.05) is 5.73 Å². The van der Waals surface area contributed by atoms with Crippen molar-refractivity contribution in [2.24, 2.45) is 0 Å². The Morgan fingerprint density at radius 3 is 2.81 bits per heavy atom. The molecule has 0 aliphatic rings. The van der Waals surface area contributed by atoms with Gasteiger partial charge in [0.1, 0.15) is 5.56 Å². The zero-order valence-electron chi connectivity index (χ0n) is 7.71. The number of nitro benzene ring substituents is 1. The number of nitro groups is 1. The Kier molecular flexibility index (Phi) is 2.20. The fraction of sp³-hybridized carbons (Fsp3) is 0. The Bertz CT molecular complexity index is 556. The summed E-state index contributed by atoms with van der Waals surface area (Å²) in [5, 5.41) is 19.7. The molecule has 0 unspecified atom stereocenters. The number of carboxylic acids is 1. The Hall–Kier alpha value is -2.22. The zero-order valence-corrected chi connectivity index (χ0v) is 8.52. The molecule has 2 rings (SSSR count). The maximum atomic E-state index is 10.8. The van der Waals surface area contributed by atoms with E-state index in [9.17, 15) is 14.9 Å². The van der Waals surface area contributed by atoms with Gasteiger partial charge in [-0.1, -0.05) is 11.3 Å². The van der Waals surface area contributed by atoms with Gasteiger partial charge in [0, 0.05) is 6.07 Å². The van der Waals surface area contributed by atoms with E-state index >= 15 is 0 Å². The molecule has 3 N–H and O–H groups in total. The van der Waals surface area contributed by atoms with Crippen molar-refractivity contribution in [2.45, 2.75) is 0 Å². The first-order chi connectivity index (χ1) is 7.49. The standard InChI is InChI=1S/C8H5N3O4S/c9-8-10-4-2-5(11(14)15)3(7(12)13)1-6(4)16-8/h1-2H,(H2,9,10)(H,12,13).